The minimum Gasteiger partial charge on any atom is -0.492 e. The van der Waals surface area contributed by atoms with E-state index in [-0.39, 0.29) is 18.3 Å². The van der Waals surface area contributed by atoms with Gasteiger partial charge in [0.1, 0.15) is 5.75 Å². The summed E-state index contributed by atoms with van der Waals surface area (Å²) in [5.41, 5.74) is 1.18. The summed E-state index contributed by atoms with van der Waals surface area (Å²) in [6.07, 6.45) is 3.97. The molecule has 1 aliphatic heterocycles. The van der Waals surface area contributed by atoms with Crippen LogP contribution in [0.5, 0.6) is 5.75 Å². The topological polar surface area (TPSA) is 50.4 Å². The first kappa shape index (κ1) is 20.3. The minimum absolute atomic E-state index is 0. The fraction of sp³-hybridized carbons (Fsp3) is 0.588. The molecule has 0 aromatic heterocycles. The average Bonchev–Trinajstić information content (AvgIpc) is 2.50. The van der Waals surface area contributed by atoms with Crippen LogP contribution >= 0.6 is 28.3 Å². The molecule has 1 heterocycles. The summed E-state index contributed by atoms with van der Waals surface area (Å²) < 4.78 is 6.57. The van der Waals surface area contributed by atoms with E-state index in [2.05, 4.69) is 26.6 Å². The molecule has 1 aliphatic rings. The maximum absolute atomic E-state index is 11.8. The third-order valence-electron chi connectivity index (χ3n) is 3.95. The molecule has 1 amide bonds. The Balaban J connectivity index is 0.00000264. The maximum Gasteiger partial charge on any atom is 0.223 e. The van der Waals surface area contributed by atoms with Crippen molar-refractivity contribution >= 4 is 34.2 Å². The van der Waals surface area contributed by atoms with Gasteiger partial charge in [-0.25, -0.2) is 0 Å². The predicted octanol–water partition coefficient (Wildman–Crippen LogP) is 3.45. The smallest absolute Gasteiger partial charge is 0.223 e. The van der Waals surface area contributed by atoms with Crippen molar-refractivity contribution in [3.8, 4) is 5.75 Å². The van der Waals surface area contributed by atoms with Gasteiger partial charge in [-0.15, -0.1) is 12.4 Å². The molecule has 1 fully saturated rings. The number of nitrogens with one attached hydrogen (secondary N) is 2. The molecule has 1 aromatic rings. The van der Waals surface area contributed by atoms with E-state index in [0.29, 0.717) is 18.9 Å². The normalized spacial score (nSPS) is 17.2. The molecule has 0 radical (unpaired) electrons. The van der Waals surface area contributed by atoms with Gasteiger partial charge < -0.3 is 15.4 Å². The first-order valence-corrected chi connectivity index (χ1v) is 8.81. The second-order valence-corrected chi connectivity index (χ2v) is 6.74. The monoisotopic (exact) mass is 404 g/mol. The van der Waals surface area contributed by atoms with Crippen LogP contribution < -0.4 is 15.4 Å². The molecule has 2 rings (SSSR count). The molecule has 0 saturated carbocycles. The molecule has 1 atom stereocenters. The number of benzene rings is 1. The number of hydrogen-bond acceptors (Lipinski definition) is 3. The molecule has 1 unspecified atom stereocenters. The number of halogens is 2. The van der Waals surface area contributed by atoms with E-state index in [1.165, 1.54) is 18.4 Å². The van der Waals surface area contributed by atoms with E-state index in [1.807, 2.05) is 25.1 Å². The Hall–Kier alpha value is -0.780. The summed E-state index contributed by atoms with van der Waals surface area (Å²) >= 11 is 3.47. The van der Waals surface area contributed by atoms with Gasteiger partial charge in [-0.3, -0.25) is 4.79 Å². The Kier molecular flexibility index (Phi) is 9.60. The Bertz CT molecular complexity index is 493. The number of aryl methyl sites for hydroxylation is 1. The second-order valence-electron chi connectivity index (χ2n) is 5.88. The number of rotatable bonds is 7. The van der Waals surface area contributed by atoms with Gasteiger partial charge in [0, 0.05) is 6.54 Å². The SMILES string of the molecule is Cc1ccc(OCCC(=O)NCCC2CCCNC2)c(Br)c1.Cl. The Morgan fingerprint density at radius 1 is 1.48 bits per heavy atom. The van der Waals surface area contributed by atoms with Crippen LogP contribution in [0.3, 0.4) is 0 Å². The standard InChI is InChI=1S/C17H25BrN2O2.ClH/c1-13-4-5-16(15(18)11-13)22-10-7-17(21)20-9-6-14-3-2-8-19-12-14;/h4-5,11,14,19H,2-3,6-10,12H2,1H3,(H,20,21);1H. The van der Waals surface area contributed by atoms with Crippen molar-refractivity contribution in [3.63, 3.8) is 0 Å². The molecular formula is C17H26BrClN2O2. The number of ether oxygens (including phenoxy) is 1. The molecule has 6 heteroatoms. The van der Waals surface area contributed by atoms with Crippen LogP contribution in [0.1, 0.15) is 31.2 Å². The number of carbonyl (C=O) groups excluding carboxylic acids is 1. The lowest BCUT2D eigenvalue weighted by molar-refractivity contribution is -0.121. The van der Waals surface area contributed by atoms with Gasteiger partial charge in [-0.2, -0.15) is 0 Å². The lowest BCUT2D eigenvalue weighted by atomic mass is 9.96. The first-order chi connectivity index (χ1) is 10.6. The predicted molar refractivity (Wildman–Crippen MR) is 99.5 cm³/mol. The fourth-order valence-corrected chi connectivity index (χ4v) is 3.26. The molecule has 1 aromatic carbocycles. The average molecular weight is 406 g/mol. The van der Waals surface area contributed by atoms with Crippen LogP contribution in [0.15, 0.2) is 22.7 Å². The zero-order chi connectivity index (χ0) is 15.8. The van der Waals surface area contributed by atoms with E-state index >= 15 is 0 Å². The van der Waals surface area contributed by atoms with E-state index < -0.39 is 0 Å². The zero-order valence-electron chi connectivity index (χ0n) is 13.6. The third kappa shape index (κ3) is 7.55. The van der Waals surface area contributed by atoms with Gasteiger partial charge in [0.05, 0.1) is 17.5 Å². The van der Waals surface area contributed by atoms with Crippen molar-refractivity contribution in [3.05, 3.63) is 28.2 Å². The van der Waals surface area contributed by atoms with Gasteiger partial charge in [0.15, 0.2) is 0 Å². The van der Waals surface area contributed by atoms with Crippen LogP contribution in [0.25, 0.3) is 0 Å². The molecule has 0 spiro atoms. The molecule has 2 N–H and O–H groups in total. The molecule has 130 valence electrons. The number of piperidine rings is 1. The van der Waals surface area contributed by atoms with Crippen LogP contribution in [0, 0.1) is 12.8 Å². The maximum atomic E-state index is 11.8. The number of amides is 1. The Morgan fingerprint density at radius 2 is 2.30 bits per heavy atom. The summed E-state index contributed by atoms with van der Waals surface area (Å²) in [6, 6.07) is 5.93. The fourth-order valence-electron chi connectivity index (χ4n) is 2.65. The highest BCUT2D eigenvalue weighted by Gasteiger charge is 2.12. The summed E-state index contributed by atoms with van der Waals surface area (Å²) in [6.45, 7) is 5.41. The van der Waals surface area contributed by atoms with Gasteiger partial charge in [-0.1, -0.05) is 6.07 Å². The molecule has 0 aliphatic carbocycles. The first-order valence-electron chi connectivity index (χ1n) is 8.01. The van der Waals surface area contributed by atoms with E-state index in [4.69, 9.17) is 4.74 Å². The van der Waals surface area contributed by atoms with Crippen LogP contribution in [-0.2, 0) is 4.79 Å². The summed E-state index contributed by atoms with van der Waals surface area (Å²) in [7, 11) is 0. The molecule has 4 nitrogen and oxygen atoms in total. The molecule has 23 heavy (non-hydrogen) atoms. The molecule has 0 bridgehead atoms. The van der Waals surface area contributed by atoms with Crippen molar-refractivity contribution < 1.29 is 9.53 Å². The van der Waals surface area contributed by atoms with Gasteiger partial charge in [-0.05, 0) is 78.8 Å². The molecule has 1 saturated heterocycles. The van der Waals surface area contributed by atoms with Crippen molar-refractivity contribution in [2.75, 3.05) is 26.2 Å². The largest absolute Gasteiger partial charge is 0.492 e. The Labute approximate surface area is 153 Å². The quantitative estimate of drug-likeness (QED) is 0.730. The minimum atomic E-state index is 0. The van der Waals surface area contributed by atoms with E-state index in [1.54, 1.807) is 0 Å². The number of hydrogen-bond donors (Lipinski definition) is 2. The van der Waals surface area contributed by atoms with Crippen molar-refractivity contribution in [2.24, 2.45) is 5.92 Å². The molecular weight excluding hydrogens is 380 g/mol. The van der Waals surface area contributed by atoms with Crippen molar-refractivity contribution in [1.82, 2.24) is 10.6 Å². The highest BCUT2D eigenvalue weighted by molar-refractivity contribution is 9.10. The Morgan fingerprint density at radius 3 is 3.00 bits per heavy atom. The third-order valence-corrected chi connectivity index (χ3v) is 4.57. The summed E-state index contributed by atoms with van der Waals surface area (Å²) in [5, 5.41) is 6.38. The highest BCUT2D eigenvalue weighted by atomic mass is 79.9. The summed E-state index contributed by atoms with van der Waals surface area (Å²) in [4.78, 5) is 11.8. The number of carbonyl (C=O) groups is 1. The van der Waals surface area contributed by atoms with Crippen LogP contribution in [-0.4, -0.2) is 32.1 Å². The van der Waals surface area contributed by atoms with Crippen molar-refractivity contribution in [2.45, 2.75) is 32.6 Å². The lowest BCUT2D eigenvalue weighted by Crippen LogP contribution is -2.33. The van der Waals surface area contributed by atoms with Crippen LogP contribution in [0.2, 0.25) is 0 Å². The zero-order valence-corrected chi connectivity index (χ0v) is 16.0. The lowest BCUT2D eigenvalue weighted by Gasteiger charge is -2.22. The second kappa shape index (κ2) is 10.9. The van der Waals surface area contributed by atoms with Crippen molar-refractivity contribution in [1.29, 1.82) is 0 Å². The van der Waals surface area contributed by atoms with E-state index in [9.17, 15) is 4.79 Å². The van der Waals surface area contributed by atoms with E-state index in [0.717, 1.165) is 36.3 Å². The van der Waals surface area contributed by atoms with Gasteiger partial charge in [0.25, 0.3) is 0 Å². The van der Waals surface area contributed by atoms with Gasteiger partial charge in [0.2, 0.25) is 5.91 Å². The highest BCUT2D eigenvalue weighted by Crippen LogP contribution is 2.25. The van der Waals surface area contributed by atoms with Gasteiger partial charge >= 0.3 is 0 Å². The summed E-state index contributed by atoms with van der Waals surface area (Å²) in [5.74, 6) is 1.55. The van der Waals surface area contributed by atoms with Crippen LogP contribution in [0.4, 0.5) is 0 Å².